The first kappa shape index (κ1) is 8.79. The smallest absolute Gasteiger partial charge is 0.246 e. The number of carbonyl (C=O) groups is 1. The fraction of sp³-hybridized carbons (Fsp3) is 0.167. The molecule has 0 atom stereocenters. The Morgan fingerprint density at radius 3 is 2.17 bits per heavy atom. The number of hydrogen-bond donors (Lipinski definition) is 0. The summed E-state index contributed by atoms with van der Waals surface area (Å²) in [4.78, 5) is 17.1. The second kappa shape index (κ2) is 2.98. The number of nitrogens with zero attached hydrogens (tertiary/aromatic N) is 2. The molecule has 64 valence electrons. The van der Waals surface area contributed by atoms with E-state index in [9.17, 15) is 13.2 Å². The van der Waals surface area contributed by atoms with Crippen LogP contribution in [0.15, 0.2) is 17.6 Å². The van der Waals surface area contributed by atoms with Crippen LogP contribution in [0.2, 0.25) is 0 Å². The lowest BCUT2D eigenvalue weighted by Crippen LogP contribution is -2.03. The number of carbonyl (C=O) groups excluding carboxylic acids is 1. The summed E-state index contributed by atoms with van der Waals surface area (Å²) >= 11 is 0. The maximum atomic E-state index is 10.8. The molecular formula is C6H6N2O3S. The van der Waals surface area contributed by atoms with Crippen LogP contribution >= 0.6 is 0 Å². The van der Waals surface area contributed by atoms with Crippen LogP contribution in [-0.2, 0) is 9.84 Å². The summed E-state index contributed by atoms with van der Waals surface area (Å²) in [6.07, 6.45) is 3.88. The number of aldehydes is 1. The van der Waals surface area contributed by atoms with Crippen molar-refractivity contribution >= 4 is 16.1 Å². The second-order valence-electron chi connectivity index (χ2n) is 2.19. The van der Waals surface area contributed by atoms with Gasteiger partial charge in [-0.05, 0) is 0 Å². The molecule has 0 aromatic carbocycles. The Labute approximate surface area is 69.4 Å². The molecule has 0 saturated heterocycles. The van der Waals surface area contributed by atoms with Gasteiger partial charge in [0.25, 0.3) is 0 Å². The molecule has 0 amide bonds. The van der Waals surface area contributed by atoms with Gasteiger partial charge in [0.1, 0.15) is 0 Å². The zero-order chi connectivity index (χ0) is 9.19. The van der Waals surface area contributed by atoms with Crippen molar-refractivity contribution in [3.8, 4) is 0 Å². The standard InChI is InChI=1S/C6H6N2O3S/c1-12(10,11)6-7-2-5(4-9)3-8-6/h2-4H,1H3. The Balaban J connectivity index is 3.17. The largest absolute Gasteiger partial charge is 0.298 e. The third kappa shape index (κ3) is 1.85. The van der Waals surface area contributed by atoms with Gasteiger partial charge >= 0.3 is 0 Å². The Hall–Kier alpha value is -1.30. The van der Waals surface area contributed by atoms with Crippen LogP contribution in [0.5, 0.6) is 0 Å². The minimum absolute atomic E-state index is 0.252. The molecule has 0 saturated carbocycles. The van der Waals surface area contributed by atoms with Crippen LogP contribution in [0, 0.1) is 0 Å². The van der Waals surface area contributed by atoms with Gasteiger partial charge in [0.05, 0.1) is 5.56 Å². The van der Waals surface area contributed by atoms with Gasteiger partial charge in [0.2, 0.25) is 15.0 Å². The minimum atomic E-state index is -3.37. The summed E-state index contributed by atoms with van der Waals surface area (Å²) in [7, 11) is -3.37. The molecule has 1 rings (SSSR count). The summed E-state index contributed by atoms with van der Waals surface area (Å²) in [5.74, 6) is 0. The normalized spacial score (nSPS) is 11.1. The lowest BCUT2D eigenvalue weighted by molar-refractivity contribution is 0.112. The van der Waals surface area contributed by atoms with Gasteiger partial charge in [-0.3, -0.25) is 4.79 Å². The molecule has 0 N–H and O–H groups in total. The quantitative estimate of drug-likeness (QED) is 0.467. The Morgan fingerprint density at radius 1 is 1.33 bits per heavy atom. The van der Waals surface area contributed by atoms with E-state index in [-0.39, 0.29) is 10.7 Å². The number of hydrogen-bond acceptors (Lipinski definition) is 5. The van der Waals surface area contributed by atoms with E-state index in [0.717, 1.165) is 18.6 Å². The highest BCUT2D eigenvalue weighted by molar-refractivity contribution is 7.90. The van der Waals surface area contributed by atoms with Gasteiger partial charge in [-0.15, -0.1) is 0 Å². The Kier molecular flexibility index (Phi) is 2.18. The molecule has 0 unspecified atom stereocenters. The monoisotopic (exact) mass is 186 g/mol. The van der Waals surface area contributed by atoms with E-state index in [1.165, 1.54) is 0 Å². The SMILES string of the molecule is CS(=O)(=O)c1ncc(C=O)cn1. The Bertz CT molecular complexity index is 382. The molecule has 0 radical (unpaired) electrons. The lowest BCUT2D eigenvalue weighted by Gasteiger charge is -1.94. The highest BCUT2D eigenvalue weighted by Gasteiger charge is 2.09. The molecule has 0 aliphatic heterocycles. The topological polar surface area (TPSA) is 77.0 Å². The number of aromatic nitrogens is 2. The molecule has 6 heteroatoms. The van der Waals surface area contributed by atoms with Crippen molar-refractivity contribution in [1.29, 1.82) is 0 Å². The van der Waals surface area contributed by atoms with E-state index in [4.69, 9.17) is 0 Å². The highest BCUT2D eigenvalue weighted by Crippen LogP contribution is 1.99. The van der Waals surface area contributed by atoms with E-state index in [2.05, 4.69) is 9.97 Å². The maximum Gasteiger partial charge on any atom is 0.246 e. The molecule has 0 aliphatic carbocycles. The predicted octanol–water partition coefficient (Wildman–Crippen LogP) is -0.307. The summed E-state index contributed by atoms with van der Waals surface area (Å²) < 4.78 is 21.6. The van der Waals surface area contributed by atoms with Gasteiger partial charge in [-0.25, -0.2) is 18.4 Å². The molecule has 0 bridgehead atoms. The van der Waals surface area contributed by atoms with Crippen LogP contribution in [0.3, 0.4) is 0 Å². The van der Waals surface area contributed by atoms with Crippen LogP contribution in [0.1, 0.15) is 10.4 Å². The summed E-state index contributed by atoms with van der Waals surface area (Å²) in [5.41, 5.74) is 0.252. The van der Waals surface area contributed by atoms with E-state index in [1.54, 1.807) is 0 Å². The average Bonchev–Trinajstić information content (AvgIpc) is 2.03. The maximum absolute atomic E-state index is 10.8. The first-order valence-corrected chi connectivity index (χ1v) is 4.90. The molecular weight excluding hydrogens is 180 g/mol. The van der Waals surface area contributed by atoms with Gasteiger partial charge in [-0.1, -0.05) is 0 Å². The van der Waals surface area contributed by atoms with Crippen molar-refractivity contribution in [2.24, 2.45) is 0 Å². The van der Waals surface area contributed by atoms with Crippen molar-refractivity contribution in [3.05, 3.63) is 18.0 Å². The first-order valence-electron chi connectivity index (χ1n) is 3.01. The predicted molar refractivity (Wildman–Crippen MR) is 40.5 cm³/mol. The zero-order valence-electron chi connectivity index (χ0n) is 6.26. The van der Waals surface area contributed by atoms with Crippen molar-refractivity contribution in [2.75, 3.05) is 6.26 Å². The fourth-order valence-corrected chi connectivity index (χ4v) is 1.07. The molecule has 1 aromatic rings. The van der Waals surface area contributed by atoms with Crippen molar-refractivity contribution in [3.63, 3.8) is 0 Å². The summed E-state index contributed by atoms with van der Waals surface area (Å²) in [6, 6.07) is 0. The lowest BCUT2D eigenvalue weighted by atomic mass is 10.4. The first-order chi connectivity index (χ1) is 5.54. The van der Waals surface area contributed by atoms with Crippen LogP contribution < -0.4 is 0 Å². The summed E-state index contributed by atoms with van der Waals surface area (Å²) in [5, 5.41) is -0.270. The van der Waals surface area contributed by atoms with E-state index in [0.29, 0.717) is 6.29 Å². The minimum Gasteiger partial charge on any atom is -0.298 e. The van der Waals surface area contributed by atoms with Gasteiger partial charge in [-0.2, -0.15) is 0 Å². The van der Waals surface area contributed by atoms with E-state index in [1.807, 2.05) is 0 Å². The van der Waals surface area contributed by atoms with Crippen molar-refractivity contribution in [2.45, 2.75) is 5.16 Å². The zero-order valence-corrected chi connectivity index (χ0v) is 7.08. The molecule has 0 aliphatic rings. The highest BCUT2D eigenvalue weighted by atomic mass is 32.2. The van der Waals surface area contributed by atoms with Crippen LogP contribution in [0.25, 0.3) is 0 Å². The van der Waals surface area contributed by atoms with Crippen LogP contribution in [0.4, 0.5) is 0 Å². The molecule has 0 spiro atoms. The van der Waals surface area contributed by atoms with Gasteiger partial charge in [0, 0.05) is 18.6 Å². The molecule has 1 aromatic heterocycles. The number of rotatable bonds is 2. The molecule has 5 nitrogen and oxygen atoms in total. The molecule has 0 fully saturated rings. The van der Waals surface area contributed by atoms with Gasteiger partial charge in [0.15, 0.2) is 6.29 Å². The van der Waals surface area contributed by atoms with Crippen LogP contribution in [-0.4, -0.2) is 30.9 Å². The molecule has 1 heterocycles. The fourth-order valence-electron chi connectivity index (χ4n) is 0.579. The molecule has 12 heavy (non-hydrogen) atoms. The summed E-state index contributed by atoms with van der Waals surface area (Å²) in [6.45, 7) is 0. The van der Waals surface area contributed by atoms with Crippen molar-refractivity contribution < 1.29 is 13.2 Å². The second-order valence-corrected chi connectivity index (χ2v) is 4.10. The third-order valence-corrected chi connectivity index (χ3v) is 1.99. The van der Waals surface area contributed by atoms with E-state index >= 15 is 0 Å². The van der Waals surface area contributed by atoms with E-state index < -0.39 is 9.84 Å². The third-order valence-electron chi connectivity index (χ3n) is 1.12. The average molecular weight is 186 g/mol. The Morgan fingerprint density at radius 2 is 1.83 bits per heavy atom. The van der Waals surface area contributed by atoms with Gasteiger partial charge < -0.3 is 0 Å². The number of sulfone groups is 1. The van der Waals surface area contributed by atoms with Crippen molar-refractivity contribution in [1.82, 2.24) is 9.97 Å².